The predicted molar refractivity (Wildman–Crippen MR) is 322 cm³/mol. The van der Waals surface area contributed by atoms with Gasteiger partial charge >= 0.3 is 23.9 Å². The average molecular weight is 1120 g/mol. The van der Waals surface area contributed by atoms with Crippen LogP contribution in [-0.4, -0.2) is 89.2 Å². The summed E-state index contributed by atoms with van der Waals surface area (Å²) in [7, 11) is 0. The van der Waals surface area contributed by atoms with Gasteiger partial charge in [-0.3, -0.25) is 14.4 Å². The van der Waals surface area contributed by atoms with E-state index in [1.165, 1.54) is 128 Å². The molecule has 1 saturated heterocycles. The predicted octanol–water partition coefficient (Wildman–Crippen LogP) is 17.3. The maximum atomic E-state index is 13.2. The minimum absolute atomic E-state index is 0.0618. The summed E-state index contributed by atoms with van der Waals surface area (Å²) >= 11 is 0. The molecule has 12 heteroatoms. The van der Waals surface area contributed by atoms with Gasteiger partial charge in [0.1, 0.15) is 18.8 Å². The number of aliphatic hydroxyl groups is 2. The molecule has 6 atom stereocenters. The number of carboxylic acid groups (broad SMARTS) is 1. The fraction of sp³-hybridized carbons (Fsp3) is 0.821. The Labute approximate surface area is 482 Å². The van der Waals surface area contributed by atoms with Gasteiger partial charge in [-0.1, -0.05) is 249 Å². The van der Waals surface area contributed by atoms with Crippen LogP contribution in [0.15, 0.2) is 48.6 Å². The van der Waals surface area contributed by atoms with Gasteiger partial charge in [-0.05, 0) is 83.5 Å². The number of carboxylic acids is 1. The molecule has 0 aromatic heterocycles. The number of allylic oxidation sites excluding steroid dienone is 8. The number of aliphatic carboxylic acids is 1. The number of unbranched alkanes of at least 4 members (excludes halogenated alkanes) is 34. The molecule has 0 aromatic rings. The number of esters is 3. The lowest BCUT2D eigenvalue weighted by atomic mass is 9.98. The molecule has 6 unspecified atom stereocenters. The molecule has 458 valence electrons. The fourth-order valence-corrected chi connectivity index (χ4v) is 9.84. The Balaban J connectivity index is 2.65. The molecule has 1 heterocycles. The summed E-state index contributed by atoms with van der Waals surface area (Å²) in [6, 6.07) is 0. The third-order valence-corrected chi connectivity index (χ3v) is 14.9. The molecular weight excluding hydrogens is 997 g/mol. The van der Waals surface area contributed by atoms with Gasteiger partial charge in [0.25, 0.3) is 0 Å². The minimum atomic E-state index is -1.90. The Bertz CT molecular complexity index is 1560. The van der Waals surface area contributed by atoms with Crippen molar-refractivity contribution in [3.05, 3.63) is 48.6 Å². The van der Waals surface area contributed by atoms with Crippen LogP contribution in [0.4, 0.5) is 0 Å². The Morgan fingerprint density at radius 1 is 0.418 bits per heavy atom. The summed E-state index contributed by atoms with van der Waals surface area (Å²) in [5.41, 5.74) is 0. The van der Waals surface area contributed by atoms with Crippen molar-refractivity contribution in [2.75, 3.05) is 13.2 Å². The lowest BCUT2D eigenvalue weighted by Crippen LogP contribution is -2.61. The van der Waals surface area contributed by atoms with Crippen molar-refractivity contribution >= 4 is 23.9 Å². The molecule has 0 bridgehead atoms. The first-order valence-electron chi connectivity index (χ1n) is 32.6. The van der Waals surface area contributed by atoms with E-state index in [0.29, 0.717) is 19.3 Å². The van der Waals surface area contributed by atoms with Crippen molar-refractivity contribution in [3.63, 3.8) is 0 Å². The van der Waals surface area contributed by atoms with Gasteiger partial charge in [0.2, 0.25) is 0 Å². The number of hydrogen-bond donors (Lipinski definition) is 3. The van der Waals surface area contributed by atoms with Crippen molar-refractivity contribution in [2.45, 2.75) is 340 Å². The van der Waals surface area contributed by atoms with Crippen molar-refractivity contribution in [1.29, 1.82) is 0 Å². The Morgan fingerprint density at radius 3 is 1.16 bits per heavy atom. The molecular formula is C67H118O12. The van der Waals surface area contributed by atoms with Gasteiger partial charge in [-0.2, -0.15) is 0 Å². The molecule has 1 aliphatic rings. The summed E-state index contributed by atoms with van der Waals surface area (Å²) in [6.45, 7) is 5.96. The average Bonchev–Trinajstić information content (AvgIpc) is 3.46. The fourth-order valence-electron chi connectivity index (χ4n) is 9.84. The van der Waals surface area contributed by atoms with E-state index in [1.54, 1.807) is 0 Å². The van der Waals surface area contributed by atoms with Crippen LogP contribution in [-0.2, 0) is 42.9 Å². The number of hydrogen-bond acceptors (Lipinski definition) is 11. The minimum Gasteiger partial charge on any atom is -0.479 e. The van der Waals surface area contributed by atoms with Gasteiger partial charge in [0.05, 0.1) is 6.61 Å². The Hall–Kier alpha value is -3.32. The third kappa shape index (κ3) is 45.0. The second kappa shape index (κ2) is 55.2. The van der Waals surface area contributed by atoms with E-state index in [9.17, 15) is 34.5 Å². The smallest absolute Gasteiger partial charge is 0.335 e. The van der Waals surface area contributed by atoms with Gasteiger partial charge in [0.15, 0.2) is 24.6 Å². The number of aliphatic hydroxyl groups excluding tert-OH is 2. The number of carbonyl (C=O) groups excluding carboxylic acids is 3. The van der Waals surface area contributed by atoms with Crippen molar-refractivity contribution in [1.82, 2.24) is 0 Å². The highest BCUT2D eigenvalue weighted by molar-refractivity contribution is 5.74. The van der Waals surface area contributed by atoms with Crippen LogP contribution >= 0.6 is 0 Å². The molecule has 0 saturated carbocycles. The number of carbonyl (C=O) groups is 4. The third-order valence-electron chi connectivity index (χ3n) is 14.9. The van der Waals surface area contributed by atoms with Crippen LogP contribution in [0.5, 0.6) is 0 Å². The largest absolute Gasteiger partial charge is 0.479 e. The van der Waals surface area contributed by atoms with E-state index in [-0.39, 0.29) is 25.9 Å². The summed E-state index contributed by atoms with van der Waals surface area (Å²) < 4.78 is 28.5. The van der Waals surface area contributed by atoms with Gasteiger partial charge in [-0.15, -0.1) is 0 Å². The summed E-state index contributed by atoms with van der Waals surface area (Å²) in [5, 5.41) is 31.6. The molecule has 0 aliphatic carbocycles. The second-order valence-electron chi connectivity index (χ2n) is 22.4. The highest BCUT2D eigenvalue weighted by Crippen LogP contribution is 2.27. The molecule has 12 nitrogen and oxygen atoms in total. The quantitative estimate of drug-likeness (QED) is 0.0228. The first-order valence-corrected chi connectivity index (χ1v) is 32.6. The second-order valence-corrected chi connectivity index (χ2v) is 22.4. The first kappa shape index (κ1) is 73.7. The van der Waals surface area contributed by atoms with E-state index < -0.39 is 67.3 Å². The standard InChI is InChI=1S/C67H118O12/c1-4-7-10-13-16-19-22-25-28-29-30-31-34-37-40-43-46-49-52-55-61(70)78-65-63(72)62(71)64(66(73)74)79-67(65)76-57-58(77-60(69)54-51-48-45-42-39-36-33-27-24-21-18-15-12-9-6-3)56-75-59(68)53-50-47-44-41-38-35-32-26-23-20-17-14-11-8-5-2/h17-18,20-21,26-27,32-33,58,62-65,67,71-72H,4-16,19,22-25,28-31,34-57H2,1-3H3,(H,73,74)/b20-17-,21-18-,32-26-,33-27-. The van der Waals surface area contributed by atoms with E-state index in [4.69, 9.17) is 23.7 Å². The molecule has 0 radical (unpaired) electrons. The van der Waals surface area contributed by atoms with Crippen LogP contribution in [0.1, 0.15) is 303 Å². The van der Waals surface area contributed by atoms with Crippen LogP contribution in [0.3, 0.4) is 0 Å². The molecule has 0 spiro atoms. The highest BCUT2D eigenvalue weighted by atomic mass is 16.7. The zero-order chi connectivity index (χ0) is 57.5. The van der Waals surface area contributed by atoms with Crippen molar-refractivity contribution in [3.8, 4) is 0 Å². The highest BCUT2D eigenvalue weighted by Gasteiger charge is 2.50. The molecule has 1 rings (SSSR count). The summed E-state index contributed by atoms with van der Waals surface area (Å²) in [4.78, 5) is 51.3. The zero-order valence-electron chi connectivity index (χ0n) is 50.6. The maximum Gasteiger partial charge on any atom is 0.335 e. The lowest BCUT2D eigenvalue weighted by molar-refractivity contribution is -0.301. The molecule has 1 aliphatic heterocycles. The Kier molecular flexibility index (Phi) is 51.5. The topological polar surface area (TPSA) is 175 Å². The van der Waals surface area contributed by atoms with E-state index in [1.807, 2.05) is 0 Å². The molecule has 79 heavy (non-hydrogen) atoms. The molecule has 0 aromatic carbocycles. The van der Waals surface area contributed by atoms with E-state index in [2.05, 4.69) is 69.4 Å². The van der Waals surface area contributed by atoms with Gasteiger partial charge < -0.3 is 39.0 Å². The number of rotatable bonds is 56. The normalized spacial score (nSPS) is 18.1. The Morgan fingerprint density at radius 2 is 0.759 bits per heavy atom. The number of ether oxygens (including phenoxy) is 5. The molecule has 0 amide bonds. The van der Waals surface area contributed by atoms with Crippen molar-refractivity contribution in [2.24, 2.45) is 0 Å². The van der Waals surface area contributed by atoms with Crippen LogP contribution < -0.4 is 0 Å². The van der Waals surface area contributed by atoms with Crippen LogP contribution in [0.2, 0.25) is 0 Å². The first-order chi connectivity index (χ1) is 38.6. The van der Waals surface area contributed by atoms with Crippen LogP contribution in [0, 0.1) is 0 Å². The lowest BCUT2D eigenvalue weighted by Gasteiger charge is -2.40. The summed E-state index contributed by atoms with van der Waals surface area (Å²) in [5.74, 6) is -3.13. The zero-order valence-corrected chi connectivity index (χ0v) is 50.6. The molecule has 3 N–H and O–H groups in total. The monoisotopic (exact) mass is 1110 g/mol. The van der Waals surface area contributed by atoms with Gasteiger partial charge in [0, 0.05) is 19.3 Å². The maximum absolute atomic E-state index is 13.2. The molecule has 1 fully saturated rings. The van der Waals surface area contributed by atoms with E-state index in [0.717, 1.165) is 116 Å². The summed E-state index contributed by atoms with van der Waals surface area (Å²) in [6.07, 6.45) is 55.0. The SMILES string of the molecule is CCCCC/C=C\C/C=C\CCCCCCCC(=O)OCC(COC1OC(C(=O)O)C(O)C(O)C1OC(=O)CCCCCCCCCCCCCCCCCCCCC)OC(=O)CCCCCCC/C=C\C/C=C\CCCCC. The van der Waals surface area contributed by atoms with Gasteiger partial charge in [-0.25, -0.2) is 4.79 Å². The van der Waals surface area contributed by atoms with Crippen molar-refractivity contribution < 1.29 is 58.2 Å². The van der Waals surface area contributed by atoms with E-state index >= 15 is 0 Å². The van der Waals surface area contributed by atoms with Crippen LogP contribution in [0.25, 0.3) is 0 Å².